The van der Waals surface area contributed by atoms with Gasteiger partial charge in [-0.3, -0.25) is 19.3 Å². The number of aromatic nitrogens is 2. The fourth-order valence-electron chi connectivity index (χ4n) is 5.34. The number of carbonyl (C=O) groups is 3. The van der Waals surface area contributed by atoms with Crippen molar-refractivity contribution in [2.24, 2.45) is 5.73 Å². The largest absolute Gasteiger partial charge is 0.366 e. The third kappa shape index (κ3) is 7.91. The average Bonchev–Trinajstić information content (AvgIpc) is 3.35. The average molecular weight is 565 g/mol. The predicted octanol–water partition coefficient (Wildman–Crippen LogP) is 4.61. The molecule has 0 radical (unpaired) electrons. The third-order valence-electron chi connectivity index (χ3n) is 7.68. The maximum atomic E-state index is 14.2. The van der Waals surface area contributed by atoms with Gasteiger partial charge in [-0.15, -0.1) is 5.10 Å². The second kappa shape index (κ2) is 14.7. The minimum absolute atomic E-state index is 0.104. The Morgan fingerprint density at radius 3 is 2.32 bits per heavy atom. The van der Waals surface area contributed by atoms with Crippen LogP contribution in [0.3, 0.4) is 0 Å². The number of anilines is 1. The number of hydrogen-bond donors (Lipinski definition) is 2. The number of halogens is 1. The maximum Gasteiger partial charge on any atom is 0.252 e. The molecule has 1 aromatic heterocycles. The van der Waals surface area contributed by atoms with Crippen LogP contribution in [0, 0.1) is 5.82 Å². The van der Waals surface area contributed by atoms with Gasteiger partial charge in [0, 0.05) is 57.1 Å². The van der Waals surface area contributed by atoms with Gasteiger partial charge in [-0.25, -0.2) is 4.39 Å². The molecule has 1 aliphatic heterocycles. The molecule has 1 saturated heterocycles. The highest BCUT2D eigenvalue weighted by molar-refractivity contribution is 6.06. The smallest absolute Gasteiger partial charge is 0.252 e. The van der Waals surface area contributed by atoms with E-state index in [4.69, 9.17) is 5.73 Å². The number of primary amides is 1. The van der Waals surface area contributed by atoms with Gasteiger partial charge in [0.15, 0.2) is 5.82 Å². The SMILES string of the molecule is CCCCCCCCCC(=O)n1nc(N2CCN(CCNC(=O)c3ccccc3C(N)=O)CC2)c2ccc(F)cc21. The lowest BCUT2D eigenvalue weighted by atomic mass is 10.1. The predicted molar refractivity (Wildman–Crippen MR) is 159 cm³/mol. The number of amides is 2. The van der Waals surface area contributed by atoms with Gasteiger partial charge in [0.1, 0.15) is 5.82 Å². The van der Waals surface area contributed by atoms with Crippen LogP contribution in [0.5, 0.6) is 0 Å². The van der Waals surface area contributed by atoms with Crippen molar-refractivity contribution >= 4 is 34.4 Å². The van der Waals surface area contributed by atoms with Gasteiger partial charge in [-0.1, -0.05) is 57.6 Å². The minimum atomic E-state index is -0.635. The van der Waals surface area contributed by atoms with E-state index < -0.39 is 5.91 Å². The molecule has 1 aliphatic rings. The van der Waals surface area contributed by atoms with Crippen molar-refractivity contribution < 1.29 is 18.8 Å². The molecule has 4 rings (SSSR count). The topological polar surface area (TPSA) is 114 Å². The number of hydrogen-bond acceptors (Lipinski definition) is 6. The highest BCUT2D eigenvalue weighted by Gasteiger charge is 2.24. The molecule has 9 nitrogen and oxygen atoms in total. The number of nitrogens with zero attached hydrogens (tertiary/aromatic N) is 4. The summed E-state index contributed by atoms with van der Waals surface area (Å²) < 4.78 is 15.5. The van der Waals surface area contributed by atoms with Gasteiger partial charge < -0.3 is 16.0 Å². The van der Waals surface area contributed by atoms with E-state index in [1.807, 2.05) is 0 Å². The molecule has 2 aromatic carbocycles. The number of nitrogens with two attached hydrogens (primary N) is 1. The molecule has 2 amide bonds. The zero-order valence-electron chi connectivity index (χ0n) is 23.9. The molecule has 0 aliphatic carbocycles. The van der Waals surface area contributed by atoms with Gasteiger partial charge in [0.05, 0.1) is 16.6 Å². The molecule has 10 heteroatoms. The fraction of sp³-hybridized carbons (Fsp3) is 0.484. The van der Waals surface area contributed by atoms with Crippen molar-refractivity contribution in [3.63, 3.8) is 0 Å². The molecule has 220 valence electrons. The Bertz CT molecular complexity index is 1350. The molecular weight excluding hydrogens is 523 g/mol. The summed E-state index contributed by atoms with van der Waals surface area (Å²) in [6.45, 7) is 6.14. The summed E-state index contributed by atoms with van der Waals surface area (Å²) in [6.07, 6.45) is 8.24. The van der Waals surface area contributed by atoms with Gasteiger partial charge in [-0.05, 0) is 30.7 Å². The number of unbranched alkanes of at least 4 members (excludes halogenated alkanes) is 6. The molecule has 0 atom stereocenters. The summed E-state index contributed by atoms with van der Waals surface area (Å²) in [7, 11) is 0. The second-order valence-electron chi connectivity index (χ2n) is 10.7. The van der Waals surface area contributed by atoms with Crippen molar-refractivity contribution in [2.45, 2.75) is 58.3 Å². The highest BCUT2D eigenvalue weighted by atomic mass is 19.1. The van der Waals surface area contributed by atoms with Gasteiger partial charge in [0.25, 0.3) is 5.91 Å². The molecule has 0 bridgehead atoms. The van der Waals surface area contributed by atoms with Crippen molar-refractivity contribution in [2.75, 3.05) is 44.2 Å². The van der Waals surface area contributed by atoms with E-state index >= 15 is 0 Å². The Morgan fingerprint density at radius 1 is 0.927 bits per heavy atom. The number of piperazine rings is 1. The number of nitrogens with one attached hydrogen (secondary N) is 1. The van der Waals surface area contributed by atoms with Crippen molar-refractivity contribution in [1.82, 2.24) is 20.0 Å². The van der Waals surface area contributed by atoms with E-state index in [0.717, 1.165) is 37.7 Å². The molecular formula is C31H41FN6O3. The van der Waals surface area contributed by atoms with Crippen molar-refractivity contribution in [3.8, 4) is 0 Å². The fourth-order valence-corrected chi connectivity index (χ4v) is 5.34. The third-order valence-corrected chi connectivity index (χ3v) is 7.68. The van der Waals surface area contributed by atoms with E-state index in [1.165, 1.54) is 42.5 Å². The summed E-state index contributed by atoms with van der Waals surface area (Å²) >= 11 is 0. The van der Waals surface area contributed by atoms with Crippen LogP contribution in [0.1, 0.15) is 83.8 Å². The van der Waals surface area contributed by atoms with Crippen molar-refractivity contribution in [1.29, 1.82) is 0 Å². The Kier molecular flexibility index (Phi) is 10.8. The Labute approximate surface area is 240 Å². The van der Waals surface area contributed by atoms with E-state index in [1.54, 1.807) is 30.3 Å². The zero-order chi connectivity index (χ0) is 29.2. The lowest BCUT2D eigenvalue weighted by Crippen LogP contribution is -2.48. The van der Waals surface area contributed by atoms with Crippen LogP contribution in [0.4, 0.5) is 10.2 Å². The molecule has 0 spiro atoms. The standard InChI is InChI=1S/C31H41FN6O3/c1-2-3-4-5-6-7-8-13-28(39)38-27-22-23(32)14-15-26(27)30(35-38)37-20-18-36(19-21-37)17-16-34-31(41)25-12-10-9-11-24(25)29(33)40/h9-12,14-15,22H,2-8,13,16-21H2,1H3,(H2,33,40)(H,34,41). The van der Waals surface area contributed by atoms with Crippen LogP contribution in [0.25, 0.3) is 10.9 Å². The molecule has 3 aromatic rings. The summed E-state index contributed by atoms with van der Waals surface area (Å²) in [5, 5.41) is 8.32. The molecule has 3 N–H and O–H groups in total. The van der Waals surface area contributed by atoms with Gasteiger partial charge in [0.2, 0.25) is 11.8 Å². The number of rotatable bonds is 14. The lowest BCUT2D eigenvalue weighted by Gasteiger charge is -2.35. The minimum Gasteiger partial charge on any atom is -0.366 e. The summed E-state index contributed by atoms with van der Waals surface area (Å²) in [5.41, 5.74) is 6.37. The van der Waals surface area contributed by atoms with E-state index in [-0.39, 0.29) is 28.8 Å². The summed E-state index contributed by atoms with van der Waals surface area (Å²) in [6, 6.07) is 11.0. The Morgan fingerprint density at radius 2 is 1.61 bits per heavy atom. The quantitative estimate of drug-likeness (QED) is 0.277. The number of benzene rings is 2. The van der Waals surface area contributed by atoms with Crippen LogP contribution in [0.15, 0.2) is 42.5 Å². The Hall–Kier alpha value is -3.79. The molecule has 0 unspecified atom stereocenters. The number of carbonyl (C=O) groups excluding carboxylic acids is 3. The first-order valence-electron chi connectivity index (χ1n) is 14.7. The second-order valence-corrected chi connectivity index (χ2v) is 10.7. The maximum absolute atomic E-state index is 14.2. The first kappa shape index (κ1) is 30.2. The highest BCUT2D eigenvalue weighted by Crippen LogP contribution is 2.28. The van der Waals surface area contributed by atoms with Crippen LogP contribution in [-0.2, 0) is 0 Å². The van der Waals surface area contributed by atoms with Crippen LogP contribution in [0.2, 0.25) is 0 Å². The normalized spacial score (nSPS) is 14.0. The molecule has 41 heavy (non-hydrogen) atoms. The molecule has 0 saturated carbocycles. The van der Waals surface area contributed by atoms with E-state index in [0.29, 0.717) is 43.9 Å². The van der Waals surface area contributed by atoms with Gasteiger partial charge >= 0.3 is 0 Å². The lowest BCUT2D eigenvalue weighted by molar-refractivity contribution is 0.0887. The summed E-state index contributed by atoms with van der Waals surface area (Å²) in [4.78, 5) is 41.6. The van der Waals surface area contributed by atoms with Gasteiger partial charge in [-0.2, -0.15) is 4.68 Å². The van der Waals surface area contributed by atoms with E-state index in [2.05, 4.69) is 27.1 Å². The Balaban J connectivity index is 1.31. The van der Waals surface area contributed by atoms with Crippen LogP contribution in [-0.4, -0.2) is 71.7 Å². The van der Waals surface area contributed by atoms with E-state index in [9.17, 15) is 18.8 Å². The first-order chi connectivity index (χ1) is 19.9. The first-order valence-corrected chi connectivity index (χ1v) is 14.7. The van der Waals surface area contributed by atoms with Crippen LogP contribution < -0.4 is 16.0 Å². The summed E-state index contributed by atoms with van der Waals surface area (Å²) in [5.74, 6) is -0.761. The monoisotopic (exact) mass is 564 g/mol. The number of fused-ring (bicyclic) bond motifs is 1. The molecule has 1 fully saturated rings. The zero-order valence-corrected chi connectivity index (χ0v) is 23.9. The van der Waals surface area contributed by atoms with Crippen LogP contribution >= 0.6 is 0 Å². The van der Waals surface area contributed by atoms with Crippen molar-refractivity contribution in [3.05, 3.63) is 59.4 Å². The molecule has 2 heterocycles.